The van der Waals surface area contributed by atoms with Crippen molar-refractivity contribution in [1.82, 2.24) is 10.6 Å². The van der Waals surface area contributed by atoms with Gasteiger partial charge in [-0.15, -0.1) is 0 Å². The van der Waals surface area contributed by atoms with Crippen LogP contribution in [0.4, 0.5) is 4.79 Å². The average molecular weight is 461 g/mol. The molecule has 0 saturated heterocycles. The minimum absolute atomic E-state index is 0.0785. The number of ether oxygens (including phenoxy) is 2. The number of methoxy groups -OCH3 is 1. The Bertz CT molecular complexity index is 876. The molecule has 0 heterocycles. The van der Waals surface area contributed by atoms with Crippen LogP contribution in [0.25, 0.3) is 0 Å². The molecule has 0 aromatic heterocycles. The number of hydrogen-bond acceptors (Lipinski definition) is 7. The Morgan fingerprint density at radius 3 is 2.28 bits per heavy atom. The monoisotopic (exact) mass is 460 g/mol. The van der Waals surface area contributed by atoms with Gasteiger partial charge >= 0.3 is 12.1 Å². The zero-order valence-electron chi connectivity index (χ0n) is 18.1. The normalized spacial score (nSPS) is 12.3. The van der Waals surface area contributed by atoms with Crippen molar-refractivity contribution in [2.45, 2.75) is 31.5 Å². The van der Waals surface area contributed by atoms with Crippen LogP contribution in [0, 0.1) is 0 Å². The molecule has 2 rings (SSSR count). The highest BCUT2D eigenvalue weighted by molar-refractivity contribution is 7.98. The number of carbonyl (C=O) groups is 3. The predicted molar refractivity (Wildman–Crippen MR) is 122 cm³/mol. The zero-order valence-corrected chi connectivity index (χ0v) is 18.9. The summed E-state index contributed by atoms with van der Waals surface area (Å²) in [5, 5.41) is 14.7. The first-order chi connectivity index (χ1) is 15.4. The molecule has 0 unspecified atom stereocenters. The van der Waals surface area contributed by atoms with Crippen LogP contribution in [-0.4, -0.2) is 54.3 Å². The number of alkyl carbamates (subject to hydrolysis) is 1. The van der Waals surface area contributed by atoms with Crippen molar-refractivity contribution >= 4 is 29.7 Å². The third-order valence-corrected chi connectivity index (χ3v) is 5.25. The van der Waals surface area contributed by atoms with E-state index in [9.17, 15) is 19.5 Å². The average Bonchev–Trinajstić information content (AvgIpc) is 2.81. The van der Waals surface area contributed by atoms with Crippen LogP contribution in [0.15, 0.2) is 54.6 Å². The van der Waals surface area contributed by atoms with Crippen LogP contribution in [0.5, 0.6) is 5.75 Å². The lowest BCUT2D eigenvalue weighted by Gasteiger charge is -2.22. The number of nitrogens with one attached hydrogen (secondary N) is 2. The van der Waals surface area contributed by atoms with E-state index in [0.29, 0.717) is 12.2 Å². The summed E-state index contributed by atoms with van der Waals surface area (Å²) >= 11 is 1.53. The van der Waals surface area contributed by atoms with E-state index in [-0.39, 0.29) is 18.8 Å². The quantitative estimate of drug-likeness (QED) is 0.442. The summed E-state index contributed by atoms with van der Waals surface area (Å²) in [7, 11) is 1.24. The fourth-order valence-electron chi connectivity index (χ4n) is 2.89. The predicted octanol–water partition coefficient (Wildman–Crippen LogP) is 2.64. The summed E-state index contributed by atoms with van der Waals surface area (Å²) in [5.74, 6) is -0.396. The molecule has 2 atom stereocenters. The lowest BCUT2D eigenvalue weighted by molar-refractivity contribution is -0.145. The Balaban J connectivity index is 2.01. The number of carbonyl (C=O) groups excluding carboxylic acids is 3. The van der Waals surface area contributed by atoms with E-state index in [0.717, 1.165) is 11.1 Å². The molecule has 0 aliphatic rings. The van der Waals surface area contributed by atoms with E-state index < -0.39 is 30.1 Å². The van der Waals surface area contributed by atoms with Crippen LogP contribution in [0.1, 0.15) is 17.5 Å². The zero-order chi connectivity index (χ0) is 23.3. The molecule has 0 saturated carbocycles. The number of aromatic hydroxyl groups is 1. The number of hydrogen-bond donors (Lipinski definition) is 3. The molecular formula is C23H28N2O6S. The van der Waals surface area contributed by atoms with Crippen molar-refractivity contribution in [3.63, 3.8) is 0 Å². The van der Waals surface area contributed by atoms with Crippen molar-refractivity contribution in [2.75, 3.05) is 19.1 Å². The number of phenolic OH excluding ortho intramolecular Hbond substituents is 1. The smallest absolute Gasteiger partial charge is 0.408 e. The fraction of sp³-hybridized carbons (Fsp3) is 0.348. The number of benzene rings is 2. The largest absolute Gasteiger partial charge is 0.508 e. The van der Waals surface area contributed by atoms with Gasteiger partial charge < -0.3 is 25.2 Å². The van der Waals surface area contributed by atoms with Gasteiger partial charge in [0.05, 0.1) is 7.11 Å². The van der Waals surface area contributed by atoms with Crippen molar-refractivity contribution in [3.8, 4) is 5.75 Å². The van der Waals surface area contributed by atoms with Crippen molar-refractivity contribution in [3.05, 3.63) is 65.7 Å². The third-order valence-electron chi connectivity index (χ3n) is 4.61. The van der Waals surface area contributed by atoms with Gasteiger partial charge in [0, 0.05) is 6.42 Å². The molecule has 0 fully saturated rings. The molecule has 0 aliphatic heterocycles. The molecule has 172 valence electrons. The van der Waals surface area contributed by atoms with Crippen LogP contribution >= 0.6 is 11.8 Å². The van der Waals surface area contributed by atoms with Crippen molar-refractivity contribution < 1.29 is 29.0 Å². The van der Waals surface area contributed by atoms with Crippen LogP contribution in [0.3, 0.4) is 0 Å². The molecule has 0 aliphatic carbocycles. The Morgan fingerprint density at radius 2 is 1.66 bits per heavy atom. The molecule has 2 aromatic rings. The van der Waals surface area contributed by atoms with Gasteiger partial charge in [-0.05, 0) is 41.7 Å². The van der Waals surface area contributed by atoms with Gasteiger partial charge in [-0.1, -0.05) is 42.5 Å². The summed E-state index contributed by atoms with van der Waals surface area (Å²) in [6.07, 6.45) is 1.71. The van der Waals surface area contributed by atoms with E-state index in [1.165, 1.54) is 31.0 Å². The molecule has 32 heavy (non-hydrogen) atoms. The maximum atomic E-state index is 12.9. The van der Waals surface area contributed by atoms with E-state index in [1.54, 1.807) is 12.1 Å². The Kier molecular flexibility index (Phi) is 10.4. The molecule has 9 heteroatoms. The van der Waals surface area contributed by atoms with Gasteiger partial charge in [-0.2, -0.15) is 11.8 Å². The summed E-state index contributed by atoms with van der Waals surface area (Å²) in [5.41, 5.74) is 1.56. The van der Waals surface area contributed by atoms with E-state index >= 15 is 0 Å². The number of amides is 2. The second-order valence-electron chi connectivity index (χ2n) is 7.00. The van der Waals surface area contributed by atoms with Gasteiger partial charge in [0.15, 0.2) is 0 Å². The lowest BCUT2D eigenvalue weighted by atomic mass is 10.0. The Hall–Kier alpha value is -3.20. The summed E-state index contributed by atoms with van der Waals surface area (Å²) in [6, 6.07) is 13.7. The highest BCUT2D eigenvalue weighted by Gasteiger charge is 2.27. The topological polar surface area (TPSA) is 114 Å². The molecule has 0 bridgehead atoms. The first-order valence-corrected chi connectivity index (χ1v) is 11.4. The maximum Gasteiger partial charge on any atom is 0.408 e. The first-order valence-electron chi connectivity index (χ1n) is 10.0. The molecule has 0 radical (unpaired) electrons. The summed E-state index contributed by atoms with van der Waals surface area (Å²) in [4.78, 5) is 37.4. The SMILES string of the molecule is COC(=O)[C@H](Cc1ccc(O)cc1)NC(=O)[C@@H](CCSC)NC(=O)OCc1ccccc1. The van der Waals surface area contributed by atoms with Gasteiger partial charge in [0.25, 0.3) is 0 Å². The van der Waals surface area contributed by atoms with Gasteiger partial charge in [-0.25, -0.2) is 9.59 Å². The second kappa shape index (κ2) is 13.3. The van der Waals surface area contributed by atoms with Gasteiger partial charge in [0.2, 0.25) is 5.91 Å². The van der Waals surface area contributed by atoms with Crippen molar-refractivity contribution in [2.24, 2.45) is 0 Å². The molecule has 3 N–H and O–H groups in total. The molecule has 2 amide bonds. The highest BCUT2D eigenvalue weighted by atomic mass is 32.2. The standard InChI is InChI=1S/C23H28N2O6S/c1-30-22(28)20(14-16-8-10-18(26)11-9-16)24-21(27)19(12-13-32-2)25-23(29)31-15-17-6-4-3-5-7-17/h3-11,19-20,26H,12-15H2,1-2H3,(H,24,27)(H,25,29)/t19-,20+/m1/s1. The Morgan fingerprint density at radius 1 is 0.969 bits per heavy atom. The minimum atomic E-state index is -0.948. The maximum absolute atomic E-state index is 12.9. The molecule has 0 spiro atoms. The fourth-order valence-corrected chi connectivity index (χ4v) is 3.36. The number of phenols is 1. The van der Waals surface area contributed by atoms with E-state index in [2.05, 4.69) is 10.6 Å². The van der Waals surface area contributed by atoms with Crippen LogP contribution < -0.4 is 10.6 Å². The second-order valence-corrected chi connectivity index (χ2v) is 7.98. The highest BCUT2D eigenvalue weighted by Crippen LogP contribution is 2.12. The molecular weight excluding hydrogens is 432 g/mol. The van der Waals surface area contributed by atoms with E-state index in [4.69, 9.17) is 9.47 Å². The number of thioether (sulfide) groups is 1. The third kappa shape index (κ3) is 8.50. The van der Waals surface area contributed by atoms with Crippen LogP contribution in [-0.2, 0) is 32.1 Å². The number of rotatable bonds is 11. The summed E-state index contributed by atoms with van der Waals surface area (Å²) in [6.45, 7) is 0.0785. The minimum Gasteiger partial charge on any atom is -0.508 e. The van der Waals surface area contributed by atoms with Gasteiger partial charge in [-0.3, -0.25) is 4.79 Å². The van der Waals surface area contributed by atoms with Gasteiger partial charge in [0.1, 0.15) is 24.4 Å². The van der Waals surface area contributed by atoms with Crippen LogP contribution in [0.2, 0.25) is 0 Å². The molecule has 2 aromatic carbocycles. The van der Waals surface area contributed by atoms with E-state index in [1.807, 2.05) is 36.6 Å². The Labute approximate surface area is 191 Å². The number of esters is 1. The summed E-state index contributed by atoms with van der Waals surface area (Å²) < 4.78 is 10.0. The first kappa shape index (κ1) is 25.1. The molecule has 8 nitrogen and oxygen atoms in total. The lowest BCUT2D eigenvalue weighted by Crippen LogP contribution is -2.52. The van der Waals surface area contributed by atoms with Crippen molar-refractivity contribution in [1.29, 1.82) is 0 Å².